The molecule has 1 N–H and O–H groups in total. The number of hydrogen-bond acceptors (Lipinski definition) is 5. The molecule has 1 saturated heterocycles. The van der Waals surface area contributed by atoms with Crippen LogP contribution in [-0.2, 0) is 21.1 Å². The van der Waals surface area contributed by atoms with Crippen molar-refractivity contribution in [2.45, 2.75) is 49.6 Å². The first-order chi connectivity index (χ1) is 15.8. The van der Waals surface area contributed by atoms with Crippen molar-refractivity contribution in [3.63, 3.8) is 0 Å². The minimum absolute atomic E-state index is 0.113. The van der Waals surface area contributed by atoms with Crippen LogP contribution < -0.4 is 5.32 Å². The highest BCUT2D eigenvalue weighted by Gasteiger charge is 2.27. The van der Waals surface area contributed by atoms with Gasteiger partial charge in [-0.15, -0.1) is 0 Å². The lowest BCUT2D eigenvalue weighted by Crippen LogP contribution is -2.48. The Hall–Kier alpha value is -2.22. The van der Waals surface area contributed by atoms with Crippen LogP contribution in [0.1, 0.15) is 43.4 Å². The number of sulfone groups is 1. The molecular formula is C26H37N3O3S. The normalized spacial score (nSPS) is 16.5. The summed E-state index contributed by atoms with van der Waals surface area (Å²) in [5, 5.41) is 3.43. The van der Waals surface area contributed by atoms with Gasteiger partial charge in [0.05, 0.1) is 11.3 Å². The van der Waals surface area contributed by atoms with E-state index in [0.29, 0.717) is 19.0 Å². The Bertz CT molecular complexity index is 985. The van der Waals surface area contributed by atoms with Crippen molar-refractivity contribution in [3.05, 3.63) is 65.7 Å². The molecule has 2 aromatic rings. The number of piperidine rings is 1. The smallest absolute Gasteiger partial charge is 0.227 e. The van der Waals surface area contributed by atoms with Crippen LogP contribution in [0.3, 0.4) is 0 Å². The zero-order valence-electron chi connectivity index (χ0n) is 20.0. The summed E-state index contributed by atoms with van der Waals surface area (Å²) in [6, 6.07) is 17.8. The number of likely N-dealkylation sites (N-methyl/N-ethyl adjacent to an activating group) is 1. The topological polar surface area (TPSA) is 69.7 Å². The van der Waals surface area contributed by atoms with Gasteiger partial charge in [-0.05, 0) is 63.0 Å². The van der Waals surface area contributed by atoms with Gasteiger partial charge in [-0.25, -0.2) is 8.42 Å². The van der Waals surface area contributed by atoms with Gasteiger partial charge >= 0.3 is 0 Å². The van der Waals surface area contributed by atoms with Crippen LogP contribution in [0.2, 0.25) is 0 Å². The molecule has 0 aliphatic carbocycles. The number of carbonyl (C=O) groups is 1. The van der Waals surface area contributed by atoms with Gasteiger partial charge < -0.3 is 15.1 Å². The summed E-state index contributed by atoms with van der Waals surface area (Å²) in [7, 11) is -1.21. The first kappa shape index (κ1) is 25.4. The number of amides is 1. The molecule has 180 valence electrons. The molecular weight excluding hydrogens is 434 g/mol. The summed E-state index contributed by atoms with van der Waals surface area (Å²) in [4.78, 5) is 17.8. The largest absolute Gasteiger partial charge is 0.340 e. The lowest BCUT2D eigenvalue weighted by Gasteiger charge is -2.38. The molecule has 1 amide bonds. The lowest BCUT2D eigenvalue weighted by atomic mass is 10.00. The average molecular weight is 472 g/mol. The van der Waals surface area contributed by atoms with Gasteiger partial charge in [0.15, 0.2) is 9.84 Å². The van der Waals surface area contributed by atoms with Crippen LogP contribution in [-0.4, -0.2) is 69.6 Å². The van der Waals surface area contributed by atoms with Crippen LogP contribution in [0.4, 0.5) is 0 Å². The number of nitrogens with one attached hydrogen (secondary N) is 1. The molecule has 7 heteroatoms. The van der Waals surface area contributed by atoms with E-state index in [1.807, 2.05) is 24.9 Å². The molecule has 2 aromatic carbocycles. The quantitative estimate of drug-likeness (QED) is 0.576. The Balaban J connectivity index is 1.49. The highest BCUT2D eigenvalue weighted by molar-refractivity contribution is 7.90. The number of rotatable bonds is 10. The average Bonchev–Trinajstić information content (AvgIpc) is 2.81. The molecule has 1 aliphatic heterocycles. The highest BCUT2D eigenvalue weighted by Crippen LogP contribution is 2.21. The van der Waals surface area contributed by atoms with Gasteiger partial charge in [0.25, 0.3) is 0 Å². The third-order valence-electron chi connectivity index (χ3n) is 6.65. The molecule has 1 fully saturated rings. The maximum Gasteiger partial charge on any atom is 0.227 e. The van der Waals surface area contributed by atoms with Crippen molar-refractivity contribution in [1.29, 1.82) is 0 Å². The minimum atomic E-state index is -3.22. The SMILES string of the molecule is CCN(C(=O)Cc1ccc(S(C)(=O)=O)cc1)C1CCN(CCC(NC)c2ccccc2)CC1. The molecule has 0 saturated carbocycles. The fourth-order valence-corrected chi connectivity index (χ4v) is 5.33. The van der Waals surface area contributed by atoms with E-state index in [1.165, 1.54) is 11.8 Å². The second-order valence-electron chi connectivity index (χ2n) is 8.89. The summed E-state index contributed by atoms with van der Waals surface area (Å²) in [5.41, 5.74) is 2.17. The van der Waals surface area contributed by atoms with Crippen molar-refractivity contribution >= 4 is 15.7 Å². The highest BCUT2D eigenvalue weighted by atomic mass is 32.2. The van der Waals surface area contributed by atoms with Crippen LogP contribution in [0, 0.1) is 0 Å². The van der Waals surface area contributed by atoms with Gasteiger partial charge in [-0.1, -0.05) is 42.5 Å². The summed E-state index contributed by atoms with van der Waals surface area (Å²) in [6.07, 6.45) is 4.54. The number of hydrogen-bond donors (Lipinski definition) is 1. The minimum Gasteiger partial charge on any atom is -0.340 e. The second-order valence-corrected chi connectivity index (χ2v) is 10.9. The van der Waals surface area contributed by atoms with Crippen molar-refractivity contribution in [1.82, 2.24) is 15.1 Å². The molecule has 33 heavy (non-hydrogen) atoms. The third kappa shape index (κ3) is 7.13. The van der Waals surface area contributed by atoms with Crippen LogP contribution in [0.15, 0.2) is 59.5 Å². The second kappa shape index (κ2) is 11.8. The number of carbonyl (C=O) groups excluding carboxylic acids is 1. The molecule has 0 spiro atoms. The van der Waals surface area contributed by atoms with E-state index in [-0.39, 0.29) is 16.8 Å². The third-order valence-corrected chi connectivity index (χ3v) is 7.78. The summed E-state index contributed by atoms with van der Waals surface area (Å²) in [5.74, 6) is 0.113. The zero-order chi connectivity index (χ0) is 23.8. The number of likely N-dealkylation sites (tertiary alicyclic amines) is 1. The van der Waals surface area contributed by atoms with Gasteiger partial charge in [-0.3, -0.25) is 4.79 Å². The van der Waals surface area contributed by atoms with E-state index < -0.39 is 9.84 Å². The predicted octanol–water partition coefficient (Wildman–Crippen LogP) is 3.30. The molecule has 1 unspecified atom stereocenters. The Morgan fingerprint density at radius 3 is 2.27 bits per heavy atom. The Labute approximate surface area is 198 Å². The van der Waals surface area contributed by atoms with Gasteiger partial charge in [-0.2, -0.15) is 0 Å². The van der Waals surface area contributed by atoms with E-state index in [9.17, 15) is 13.2 Å². The molecule has 6 nitrogen and oxygen atoms in total. The van der Waals surface area contributed by atoms with Gasteiger partial charge in [0.2, 0.25) is 5.91 Å². The Kier molecular flexibility index (Phi) is 9.06. The van der Waals surface area contributed by atoms with Crippen LogP contribution >= 0.6 is 0 Å². The number of nitrogens with zero attached hydrogens (tertiary/aromatic N) is 2. The molecule has 3 rings (SSSR count). The monoisotopic (exact) mass is 471 g/mol. The van der Waals surface area contributed by atoms with Crippen LogP contribution in [0.5, 0.6) is 0 Å². The molecule has 0 aromatic heterocycles. The standard InChI is InChI=1S/C26H37N3O3S/c1-4-29(26(30)20-21-10-12-24(13-11-21)33(3,31)32)23-14-17-28(18-15-23)19-16-25(27-2)22-8-6-5-7-9-22/h5-13,23,25,27H,4,14-20H2,1-3H3. The molecule has 1 aliphatic rings. The van der Waals surface area contributed by atoms with Crippen molar-refractivity contribution in [2.24, 2.45) is 0 Å². The maximum absolute atomic E-state index is 13.0. The first-order valence-corrected chi connectivity index (χ1v) is 13.7. The molecule has 1 atom stereocenters. The predicted molar refractivity (Wildman–Crippen MR) is 133 cm³/mol. The Morgan fingerprint density at radius 2 is 1.73 bits per heavy atom. The van der Waals surface area contributed by atoms with E-state index >= 15 is 0 Å². The van der Waals surface area contributed by atoms with Crippen molar-refractivity contribution in [3.8, 4) is 0 Å². The van der Waals surface area contributed by atoms with Crippen molar-refractivity contribution in [2.75, 3.05) is 39.5 Å². The number of benzene rings is 2. The van der Waals surface area contributed by atoms with E-state index in [0.717, 1.165) is 44.5 Å². The van der Waals surface area contributed by atoms with Crippen LogP contribution in [0.25, 0.3) is 0 Å². The zero-order valence-corrected chi connectivity index (χ0v) is 20.9. The van der Waals surface area contributed by atoms with E-state index in [2.05, 4.69) is 34.5 Å². The Morgan fingerprint density at radius 1 is 1.09 bits per heavy atom. The van der Waals surface area contributed by atoms with Gasteiger partial charge in [0.1, 0.15) is 0 Å². The van der Waals surface area contributed by atoms with Crippen molar-refractivity contribution < 1.29 is 13.2 Å². The first-order valence-electron chi connectivity index (χ1n) is 11.8. The summed E-state index contributed by atoms with van der Waals surface area (Å²) >= 11 is 0. The van der Waals surface area contributed by atoms with E-state index in [1.54, 1.807) is 24.3 Å². The maximum atomic E-state index is 13.0. The summed E-state index contributed by atoms with van der Waals surface area (Å²) < 4.78 is 23.3. The molecule has 0 bridgehead atoms. The lowest BCUT2D eigenvalue weighted by molar-refractivity contribution is -0.133. The van der Waals surface area contributed by atoms with Gasteiger partial charge in [0, 0.05) is 38.0 Å². The van der Waals surface area contributed by atoms with E-state index in [4.69, 9.17) is 0 Å². The fraction of sp³-hybridized carbons (Fsp3) is 0.500. The molecule has 1 heterocycles. The fourth-order valence-electron chi connectivity index (χ4n) is 4.70. The summed E-state index contributed by atoms with van der Waals surface area (Å²) in [6.45, 7) is 5.78. The molecule has 0 radical (unpaired) electrons.